The summed E-state index contributed by atoms with van der Waals surface area (Å²) in [4.78, 5) is 25.4. The molecule has 0 bridgehead atoms. The third-order valence-electron chi connectivity index (χ3n) is 4.50. The summed E-state index contributed by atoms with van der Waals surface area (Å²) in [5.74, 6) is 0.750. The van der Waals surface area contributed by atoms with Crippen molar-refractivity contribution >= 4 is 11.8 Å². The maximum absolute atomic E-state index is 12.4. The molecule has 2 rings (SSSR count). The number of hydrogen-bond donors (Lipinski definition) is 1. The molecule has 0 radical (unpaired) electrons. The molecule has 114 valence electrons. The normalized spacial score (nSPS) is 17.5. The number of hydrogen-bond acceptors (Lipinski definition) is 2. The molecular weight excluding hydrogens is 264 g/mol. The molecule has 1 aliphatic rings. The van der Waals surface area contributed by atoms with E-state index in [9.17, 15) is 9.59 Å². The van der Waals surface area contributed by atoms with Crippen LogP contribution in [0.25, 0.3) is 0 Å². The number of primary amides is 1. The van der Waals surface area contributed by atoms with Gasteiger partial charge >= 0.3 is 0 Å². The maximum atomic E-state index is 12.4. The Morgan fingerprint density at radius 3 is 2.38 bits per heavy atom. The zero-order valence-electron chi connectivity index (χ0n) is 12.6. The number of likely N-dealkylation sites (tertiary alicyclic amines) is 1. The predicted octanol–water partition coefficient (Wildman–Crippen LogP) is 2.44. The molecule has 4 nitrogen and oxygen atoms in total. The molecular formula is C17H24N2O2. The number of carbonyl (C=O) groups excluding carboxylic acids is 2. The highest BCUT2D eigenvalue weighted by Gasteiger charge is 2.28. The van der Waals surface area contributed by atoms with Crippen LogP contribution in [0.5, 0.6) is 0 Å². The highest BCUT2D eigenvalue weighted by atomic mass is 16.2. The van der Waals surface area contributed by atoms with Crippen molar-refractivity contribution in [1.29, 1.82) is 0 Å². The standard InChI is InChI=1S/C17H24N2O2/c1-2-13(12-16(18)20)14-8-10-19(11-9-14)17(21)15-6-4-3-5-7-15/h3-7,13-14H,2,8-12H2,1H3,(H2,18,20). The van der Waals surface area contributed by atoms with E-state index in [0.29, 0.717) is 18.3 Å². The van der Waals surface area contributed by atoms with Crippen LogP contribution in [0.2, 0.25) is 0 Å². The van der Waals surface area contributed by atoms with E-state index >= 15 is 0 Å². The van der Waals surface area contributed by atoms with Crippen molar-refractivity contribution < 1.29 is 9.59 Å². The van der Waals surface area contributed by atoms with Crippen LogP contribution in [0.4, 0.5) is 0 Å². The van der Waals surface area contributed by atoms with Crippen molar-refractivity contribution in [3.8, 4) is 0 Å². The van der Waals surface area contributed by atoms with Gasteiger partial charge < -0.3 is 10.6 Å². The predicted molar refractivity (Wildman–Crippen MR) is 82.7 cm³/mol. The van der Waals surface area contributed by atoms with Crippen LogP contribution in [-0.4, -0.2) is 29.8 Å². The average Bonchev–Trinajstić information content (AvgIpc) is 2.53. The third-order valence-corrected chi connectivity index (χ3v) is 4.50. The number of piperidine rings is 1. The lowest BCUT2D eigenvalue weighted by molar-refractivity contribution is -0.119. The Morgan fingerprint density at radius 1 is 1.24 bits per heavy atom. The van der Waals surface area contributed by atoms with Crippen molar-refractivity contribution in [2.45, 2.75) is 32.6 Å². The Bertz CT molecular complexity index is 479. The number of nitrogens with zero attached hydrogens (tertiary/aromatic N) is 1. The lowest BCUT2D eigenvalue weighted by Gasteiger charge is -2.35. The van der Waals surface area contributed by atoms with Crippen molar-refractivity contribution in [3.63, 3.8) is 0 Å². The fraction of sp³-hybridized carbons (Fsp3) is 0.529. The van der Waals surface area contributed by atoms with E-state index < -0.39 is 0 Å². The van der Waals surface area contributed by atoms with Gasteiger partial charge in [0.2, 0.25) is 5.91 Å². The zero-order valence-corrected chi connectivity index (χ0v) is 12.6. The molecule has 1 atom stereocenters. The number of benzene rings is 1. The summed E-state index contributed by atoms with van der Waals surface area (Å²) in [5.41, 5.74) is 6.07. The molecule has 2 amide bonds. The SMILES string of the molecule is CCC(CC(N)=O)C1CCN(C(=O)c2ccccc2)CC1. The van der Waals surface area contributed by atoms with Gasteiger partial charge in [0.1, 0.15) is 0 Å². The molecule has 1 aromatic carbocycles. The lowest BCUT2D eigenvalue weighted by atomic mass is 9.80. The van der Waals surface area contributed by atoms with Crippen LogP contribution in [0, 0.1) is 11.8 Å². The quantitative estimate of drug-likeness (QED) is 0.904. The van der Waals surface area contributed by atoms with E-state index in [1.54, 1.807) is 0 Å². The molecule has 2 N–H and O–H groups in total. The van der Waals surface area contributed by atoms with Crippen LogP contribution < -0.4 is 5.73 Å². The summed E-state index contributed by atoms with van der Waals surface area (Å²) in [6.07, 6.45) is 3.36. The molecule has 0 saturated carbocycles. The molecule has 1 heterocycles. The Morgan fingerprint density at radius 2 is 1.86 bits per heavy atom. The second-order valence-electron chi connectivity index (χ2n) is 5.83. The first-order chi connectivity index (χ1) is 10.1. The first kappa shape index (κ1) is 15.5. The summed E-state index contributed by atoms with van der Waals surface area (Å²) < 4.78 is 0. The van der Waals surface area contributed by atoms with Crippen LogP contribution in [0.3, 0.4) is 0 Å². The van der Waals surface area contributed by atoms with E-state index in [4.69, 9.17) is 5.73 Å². The van der Waals surface area contributed by atoms with E-state index in [0.717, 1.165) is 37.9 Å². The summed E-state index contributed by atoms with van der Waals surface area (Å²) in [5, 5.41) is 0. The molecule has 0 aromatic heterocycles. The van der Waals surface area contributed by atoms with Crippen molar-refractivity contribution in [1.82, 2.24) is 4.90 Å². The summed E-state index contributed by atoms with van der Waals surface area (Å²) in [7, 11) is 0. The third kappa shape index (κ3) is 4.06. The molecule has 4 heteroatoms. The van der Waals surface area contributed by atoms with Gasteiger partial charge in [0.15, 0.2) is 0 Å². The van der Waals surface area contributed by atoms with Crippen LogP contribution in [-0.2, 0) is 4.79 Å². The Balaban J connectivity index is 1.91. The van der Waals surface area contributed by atoms with Crippen LogP contribution in [0.1, 0.15) is 43.0 Å². The van der Waals surface area contributed by atoms with Crippen molar-refractivity contribution in [3.05, 3.63) is 35.9 Å². The minimum absolute atomic E-state index is 0.108. The molecule has 1 fully saturated rings. The Hall–Kier alpha value is -1.84. The van der Waals surface area contributed by atoms with Gasteiger partial charge in [-0.2, -0.15) is 0 Å². The molecule has 1 aliphatic heterocycles. The number of nitrogens with two attached hydrogens (primary N) is 1. The molecule has 21 heavy (non-hydrogen) atoms. The summed E-state index contributed by atoms with van der Waals surface area (Å²) in [6, 6.07) is 9.41. The van der Waals surface area contributed by atoms with E-state index in [2.05, 4.69) is 6.92 Å². The van der Waals surface area contributed by atoms with Gasteiger partial charge in [-0.3, -0.25) is 9.59 Å². The minimum atomic E-state index is -0.218. The first-order valence-corrected chi connectivity index (χ1v) is 7.74. The second kappa shape index (κ2) is 7.25. The van der Waals surface area contributed by atoms with Gasteiger partial charge in [0.25, 0.3) is 5.91 Å². The maximum Gasteiger partial charge on any atom is 0.253 e. The number of amides is 2. The largest absolute Gasteiger partial charge is 0.370 e. The first-order valence-electron chi connectivity index (χ1n) is 7.74. The Kier molecular flexibility index (Phi) is 5.37. The highest BCUT2D eigenvalue weighted by molar-refractivity contribution is 5.94. The zero-order chi connectivity index (χ0) is 15.2. The van der Waals surface area contributed by atoms with Crippen LogP contribution in [0.15, 0.2) is 30.3 Å². The highest BCUT2D eigenvalue weighted by Crippen LogP contribution is 2.30. The Labute approximate surface area is 126 Å². The van der Waals surface area contributed by atoms with Crippen molar-refractivity contribution in [2.24, 2.45) is 17.6 Å². The topological polar surface area (TPSA) is 63.4 Å². The molecule has 0 aliphatic carbocycles. The number of carbonyl (C=O) groups is 2. The average molecular weight is 288 g/mol. The van der Waals surface area contributed by atoms with Gasteiger partial charge in [-0.1, -0.05) is 31.5 Å². The van der Waals surface area contributed by atoms with Gasteiger partial charge in [-0.05, 0) is 36.8 Å². The molecule has 1 saturated heterocycles. The monoisotopic (exact) mass is 288 g/mol. The van der Waals surface area contributed by atoms with Gasteiger partial charge in [0, 0.05) is 25.1 Å². The van der Waals surface area contributed by atoms with E-state index in [1.165, 1.54) is 0 Å². The van der Waals surface area contributed by atoms with Gasteiger partial charge in [-0.15, -0.1) is 0 Å². The second-order valence-corrected chi connectivity index (χ2v) is 5.83. The van der Waals surface area contributed by atoms with Gasteiger partial charge in [0.05, 0.1) is 0 Å². The molecule has 1 aromatic rings. The minimum Gasteiger partial charge on any atom is -0.370 e. The lowest BCUT2D eigenvalue weighted by Crippen LogP contribution is -2.40. The van der Waals surface area contributed by atoms with E-state index in [-0.39, 0.29) is 11.8 Å². The number of rotatable bonds is 5. The fourth-order valence-electron chi connectivity index (χ4n) is 3.24. The van der Waals surface area contributed by atoms with E-state index in [1.807, 2.05) is 35.2 Å². The fourth-order valence-corrected chi connectivity index (χ4v) is 3.24. The summed E-state index contributed by atoms with van der Waals surface area (Å²) >= 11 is 0. The molecule has 0 spiro atoms. The van der Waals surface area contributed by atoms with Crippen molar-refractivity contribution in [2.75, 3.05) is 13.1 Å². The molecule has 1 unspecified atom stereocenters. The summed E-state index contributed by atoms with van der Waals surface area (Å²) in [6.45, 7) is 3.65. The smallest absolute Gasteiger partial charge is 0.253 e. The van der Waals surface area contributed by atoms with Crippen LogP contribution >= 0.6 is 0 Å². The van der Waals surface area contributed by atoms with Gasteiger partial charge in [-0.25, -0.2) is 0 Å².